The zero-order chi connectivity index (χ0) is 18.4. The number of carboxylic acid groups (broad SMARTS) is 1. The van der Waals surface area contributed by atoms with Gasteiger partial charge in [-0.1, -0.05) is 32.3 Å². The molecule has 2 rings (SSSR count). The number of benzene rings is 1. The minimum atomic E-state index is -1.11. The standard InChI is InChI=1S/C19H27NO5/c1-13(11-14-7-8-15(24-2)16(12-14)25-3)17(21)20-19(18(22)23)9-5-4-6-10-19/h7-8,12-13H,4-6,9-11H2,1-3H3,(H,20,21)(H,22,23). The van der Waals surface area contributed by atoms with E-state index in [1.807, 2.05) is 19.1 Å². The first-order valence-corrected chi connectivity index (χ1v) is 8.68. The molecule has 1 saturated carbocycles. The topological polar surface area (TPSA) is 84.9 Å². The van der Waals surface area contributed by atoms with Crippen molar-refractivity contribution in [3.8, 4) is 11.5 Å². The van der Waals surface area contributed by atoms with E-state index in [9.17, 15) is 14.7 Å². The summed E-state index contributed by atoms with van der Waals surface area (Å²) < 4.78 is 10.5. The maximum Gasteiger partial charge on any atom is 0.329 e. The Hall–Kier alpha value is -2.24. The summed E-state index contributed by atoms with van der Waals surface area (Å²) in [6.07, 6.45) is 4.18. The number of amides is 1. The molecule has 1 aliphatic rings. The Bertz CT molecular complexity index is 622. The summed E-state index contributed by atoms with van der Waals surface area (Å²) >= 11 is 0. The van der Waals surface area contributed by atoms with Gasteiger partial charge < -0.3 is 19.9 Å². The molecule has 0 saturated heterocycles. The van der Waals surface area contributed by atoms with Crippen molar-refractivity contribution < 1.29 is 24.2 Å². The van der Waals surface area contributed by atoms with Crippen LogP contribution in [0.2, 0.25) is 0 Å². The van der Waals surface area contributed by atoms with Crippen LogP contribution >= 0.6 is 0 Å². The monoisotopic (exact) mass is 349 g/mol. The molecular weight excluding hydrogens is 322 g/mol. The number of methoxy groups -OCH3 is 2. The summed E-state index contributed by atoms with van der Waals surface area (Å²) in [6.45, 7) is 1.81. The highest BCUT2D eigenvalue weighted by atomic mass is 16.5. The molecule has 1 fully saturated rings. The minimum absolute atomic E-state index is 0.223. The molecule has 0 radical (unpaired) electrons. The lowest BCUT2D eigenvalue weighted by molar-refractivity contribution is -0.149. The van der Waals surface area contributed by atoms with Crippen LogP contribution in [0, 0.1) is 5.92 Å². The van der Waals surface area contributed by atoms with Gasteiger partial charge in [-0.3, -0.25) is 4.79 Å². The molecule has 2 N–H and O–H groups in total. The van der Waals surface area contributed by atoms with Crippen LogP contribution in [0.3, 0.4) is 0 Å². The predicted octanol–water partition coefficient (Wildman–Crippen LogP) is 2.79. The molecule has 0 spiro atoms. The van der Waals surface area contributed by atoms with Crippen LogP contribution in [0.5, 0.6) is 11.5 Å². The molecule has 0 aliphatic heterocycles. The van der Waals surface area contributed by atoms with E-state index in [0.29, 0.717) is 30.8 Å². The fraction of sp³-hybridized carbons (Fsp3) is 0.579. The number of hydrogen-bond donors (Lipinski definition) is 2. The van der Waals surface area contributed by atoms with Gasteiger partial charge in [-0.15, -0.1) is 0 Å². The number of rotatable bonds is 7. The largest absolute Gasteiger partial charge is 0.493 e. The molecule has 1 aromatic rings. The fourth-order valence-electron chi connectivity index (χ4n) is 3.36. The van der Waals surface area contributed by atoms with E-state index < -0.39 is 11.5 Å². The third kappa shape index (κ3) is 4.44. The molecule has 25 heavy (non-hydrogen) atoms. The van der Waals surface area contributed by atoms with Gasteiger partial charge in [-0.2, -0.15) is 0 Å². The molecule has 6 heteroatoms. The fourth-order valence-corrected chi connectivity index (χ4v) is 3.36. The van der Waals surface area contributed by atoms with Gasteiger partial charge in [0, 0.05) is 5.92 Å². The Kier molecular flexibility index (Phi) is 6.28. The first-order chi connectivity index (χ1) is 11.9. The van der Waals surface area contributed by atoms with Crippen molar-refractivity contribution in [1.29, 1.82) is 0 Å². The third-order valence-electron chi connectivity index (χ3n) is 4.92. The van der Waals surface area contributed by atoms with Gasteiger partial charge in [0.15, 0.2) is 11.5 Å². The summed E-state index contributed by atoms with van der Waals surface area (Å²) in [5.41, 5.74) is -0.172. The van der Waals surface area contributed by atoms with Gasteiger partial charge in [-0.05, 0) is 37.0 Å². The third-order valence-corrected chi connectivity index (χ3v) is 4.92. The van der Waals surface area contributed by atoms with Crippen LogP contribution in [0.4, 0.5) is 0 Å². The zero-order valence-electron chi connectivity index (χ0n) is 15.1. The Morgan fingerprint density at radius 2 is 1.80 bits per heavy atom. The zero-order valence-corrected chi connectivity index (χ0v) is 15.1. The second kappa shape index (κ2) is 8.23. The van der Waals surface area contributed by atoms with E-state index >= 15 is 0 Å². The van der Waals surface area contributed by atoms with Crippen molar-refractivity contribution in [1.82, 2.24) is 5.32 Å². The van der Waals surface area contributed by atoms with E-state index in [1.165, 1.54) is 0 Å². The second-order valence-corrected chi connectivity index (χ2v) is 6.73. The van der Waals surface area contributed by atoms with Crippen molar-refractivity contribution in [2.24, 2.45) is 5.92 Å². The first kappa shape index (κ1) is 19.1. The van der Waals surface area contributed by atoms with E-state index in [0.717, 1.165) is 24.8 Å². The van der Waals surface area contributed by atoms with Crippen LogP contribution < -0.4 is 14.8 Å². The Morgan fingerprint density at radius 1 is 1.16 bits per heavy atom. The van der Waals surface area contributed by atoms with Gasteiger partial charge in [0.1, 0.15) is 5.54 Å². The van der Waals surface area contributed by atoms with Crippen molar-refractivity contribution in [2.45, 2.75) is 51.0 Å². The Morgan fingerprint density at radius 3 is 2.36 bits per heavy atom. The molecule has 6 nitrogen and oxygen atoms in total. The number of carboxylic acids is 1. The number of ether oxygens (including phenoxy) is 2. The lowest BCUT2D eigenvalue weighted by atomic mass is 9.81. The highest BCUT2D eigenvalue weighted by Gasteiger charge is 2.41. The van der Waals surface area contributed by atoms with E-state index in [4.69, 9.17) is 9.47 Å². The molecular formula is C19H27NO5. The number of carbonyl (C=O) groups is 2. The van der Waals surface area contributed by atoms with Crippen LogP contribution in [0.1, 0.15) is 44.6 Å². The summed E-state index contributed by atoms with van der Waals surface area (Å²) in [7, 11) is 3.14. The lowest BCUT2D eigenvalue weighted by Gasteiger charge is -2.34. The number of carbonyl (C=O) groups excluding carboxylic acids is 1. The predicted molar refractivity (Wildman–Crippen MR) is 94.0 cm³/mol. The summed E-state index contributed by atoms with van der Waals surface area (Å²) in [5, 5.41) is 12.4. The van der Waals surface area contributed by atoms with Crippen LogP contribution in [-0.2, 0) is 16.0 Å². The quantitative estimate of drug-likeness (QED) is 0.791. The number of hydrogen-bond acceptors (Lipinski definition) is 4. The van der Waals surface area contributed by atoms with Crippen LogP contribution in [-0.4, -0.2) is 36.7 Å². The van der Waals surface area contributed by atoms with Crippen LogP contribution in [0.15, 0.2) is 18.2 Å². The second-order valence-electron chi connectivity index (χ2n) is 6.73. The van der Waals surface area contributed by atoms with E-state index in [2.05, 4.69) is 5.32 Å². The van der Waals surface area contributed by atoms with Crippen molar-refractivity contribution >= 4 is 11.9 Å². The first-order valence-electron chi connectivity index (χ1n) is 8.68. The molecule has 1 unspecified atom stereocenters. The highest BCUT2D eigenvalue weighted by Crippen LogP contribution is 2.30. The summed E-state index contributed by atoms with van der Waals surface area (Å²) in [5.74, 6) is -0.244. The SMILES string of the molecule is COc1ccc(CC(C)C(=O)NC2(C(=O)O)CCCCC2)cc1OC. The molecule has 0 bridgehead atoms. The van der Waals surface area contributed by atoms with Gasteiger partial charge in [0.2, 0.25) is 5.91 Å². The van der Waals surface area contributed by atoms with Crippen molar-refractivity contribution in [3.05, 3.63) is 23.8 Å². The highest BCUT2D eigenvalue weighted by molar-refractivity contribution is 5.88. The maximum absolute atomic E-state index is 12.6. The van der Waals surface area contributed by atoms with E-state index in [1.54, 1.807) is 20.3 Å². The lowest BCUT2D eigenvalue weighted by Crippen LogP contribution is -2.56. The molecule has 1 amide bonds. The van der Waals surface area contributed by atoms with Crippen molar-refractivity contribution in [2.75, 3.05) is 14.2 Å². The summed E-state index contributed by atoms with van der Waals surface area (Å²) in [4.78, 5) is 24.3. The van der Waals surface area contributed by atoms with Gasteiger partial charge in [0.25, 0.3) is 0 Å². The normalized spacial score (nSPS) is 17.4. The molecule has 1 aliphatic carbocycles. The smallest absolute Gasteiger partial charge is 0.329 e. The molecule has 1 atom stereocenters. The van der Waals surface area contributed by atoms with Gasteiger partial charge in [0.05, 0.1) is 14.2 Å². The maximum atomic E-state index is 12.6. The average Bonchev–Trinajstić information content (AvgIpc) is 2.62. The number of aliphatic carboxylic acids is 1. The Labute approximate surface area is 148 Å². The van der Waals surface area contributed by atoms with Gasteiger partial charge >= 0.3 is 5.97 Å². The van der Waals surface area contributed by atoms with Crippen molar-refractivity contribution in [3.63, 3.8) is 0 Å². The van der Waals surface area contributed by atoms with Gasteiger partial charge in [-0.25, -0.2) is 4.79 Å². The van der Waals surface area contributed by atoms with E-state index in [-0.39, 0.29) is 11.8 Å². The molecule has 0 heterocycles. The average molecular weight is 349 g/mol. The Balaban J connectivity index is 2.05. The molecule has 1 aromatic carbocycles. The van der Waals surface area contributed by atoms with Crippen LogP contribution in [0.25, 0.3) is 0 Å². The minimum Gasteiger partial charge on any atom is -0.493 e. The molecule has 0 aromatic heterocycles. The molecule has 138 valence electrons. The number of nitrogens with one attached hydrogen (secondary N) is 1. The summed E-state index contributed by atoms with van der Waals surface area (Å²) in [6, 6.07) is 5.54.